The first-order valence-corrected chi connectivity index (χ1v) is 6.46. The number of hydrogen-bond acceptors (Lipinski definition) is 1. The largest absolute Gasteiger partial charge is 0.328 e. The fourth-order valence-corrected chi connectivity index (χ4v) is 2.47. The molecule has 0 aliphatic rings. The predicted molar refractivity (Wildman–Crippen MR) is 69.9 cm³/mol. The average molecular weight is 213 g/mol. The Morgan fingerprint density at radius 3 is 1.80 bits per heavy atom. The second kappa shape index (κ2) is 6.52. The molecule has 1 nitrogen and oxygen atoms in total. The van der Waals surface area contributed by atoms with E-state index in [1.807, 2.05) is 0 Å². The first kappa shape index (κ1) is 15.0. The Balaban J connectivity index is 3.66. The summed E-state index contributed by atoms with van der Waals surface area (Å²) < 4.78 is 0. The van der Waals surface area contributed by atoms with E-state index in [1.165, 1.54) is 25.7 Å². The quantitative estimate of drug-likeness (QED) is 0.702. The van der Waals surface area contributed by atoms with Crippen molar-refractivity contribution in [1.82, 2.24) is 0 Å². The fraction of sp³-hybridized carbons (Fsp3) is 1.00. The van der Waals surface area contributed by atoms with Crippen LogP contribution >= 0.6 is 0 Å². The first-order valence-electron chi connectivity index (χ1n) is 6.46. The molecule has 3 unspecified atom stereocenters. The summed E-state index contributed by atoms with van der Waals surface area (Å²) in [5.74, 6) is 1.63. The molecular formula is C14H31N. The summed E-state index contributed by atoms with van der Waals surface area (Å²) in [7, 11) is 0. The average Bonchev–Trinajstić information content (AvgIpc) is 1.96. The Morgan fingerprint density at radius 1 is 0.933 bits per heavy atom. The predicted octanol–water partition coefficient (Wildman–Crippen LogP) is 4.21. The van der Waals surface area contributed by atoms with Crippen molar-refractivity contribution < 1.29 is 0 Å². The van der Waals surface area contributed by atoms with Crippen molar-refractivity contribution in [1.29, 1.82) is 0 Å². The van der Waals surface area contributed by atoms with Gasteiger partial charge in [-0.1, -0.05) is 47.5 Å². The highest BCUT2D eigenvalue weighted by atomic mass is 14.6. The van der Waals surface area contributed by atoms with E-state index in [4.69, 9.17) is 5.73 Å². The lowest BCUT2D eigenvalue weighted by Crippen LogP contribution is -2.19. The van der Waals surface area contributed by atoms with Gasteiger partial charge in [0.1, 0.15) is 0 Å². The van der Waals surface area contributed by atoms with Crippen LogP contribution in [0, 0.1) is 17.3 Å². The fourth-order valence-electron chi connectivity index (χ4n) is 2.47. The maximum Gasteiger partial charge on any atom is 0.00130 e. The molecule has 0 radical (unpaired) electrons. The van der Waals surface area contributed by atoms with Gasteiger partial charge in [0, 0.05) is 6.04 Å². The van der Waals surface area contributed by atoms with E-state index < -0.39 is 0 Å². The summed E-state index contributed by atoms with van der Waals surface area (Å²) in [5, 5.41) is 0. The van der Waals surface area contributed by atoms with Crippen molar-refractivity contribution in [2.45, 2.75) is 73.3 Å². The zero-order chi connectivity index (χ0) is 12.1. The van der Waals surface area contributed by atoms with Gasteiger partial charge in [0.2, 0.25) is 0 Å². The van der Waals surface area contributed by atoms with Gasteiger partial charge < -0.3 is 5.73 Å². The van der Waals surface area contributed by atoms with E-state index in [-0.39, 0.29) is 0 Å². The van der Waals surface area contributed by atoms with Crippen molar-refractivity contribution in [3.8, 4) is 0 Å². The van der Waals surface area contributed by atoms with Crippen molar-refractivity contribution in [3.63, 3.8) is 0 Å². The summed E-state index contributed by atoms with van der Waals surface area (Å²) in [6, 6.07) is 0.359. The van der Waals surface area contributed by atoms with Crippen LogP contribution < -0.4 is 5.73 Å². The topological polar surface area (TPSA) is 26.0 Å². The van der Waals surface area contributed by atoms with Crippen LogP contribution in [0.15, 0.2) is 0 Å². The number of hydrogen-bond donors (Lipinski definition) is 1. The van der Waals surface area contributed by atoms with Crippen molar-refractivity contribution in [3.05, 3.63) is 0 Å². The van der Waals surface area contributed by atoms with Crippen LogP contribution in [0.1, 0.15) is 67.2 Å². The summed E-state index contributed by atoms with van der Waals surface area (Å²) >= 11 is 0. The Bertz CT molecular complexity index is 155. The molecule has 15 heavy (non-hydrogen) atoms. The lowest BCUT2D eigenvalue weighted by Gasteiger charge is -2.24. The number of nitrogens with two attached hydrogens (primary N) is 1. The first-order chi connectivity index (χ1) is 6.70. The Morgan fingerprint density at radius 2 is 1.40 bits per heavy atom. The van der Waals surface area contributed by atoms with E-state index in [0.717, 1.165) is 11.8 Å². The lowest BCUT2D eigenvalue weighted by molar-refractivity contribution is 0.279. The van der Waals surface area contributed by atoms with Gasteiger partial charge in [0.25, 0.3) is 0 Å². The highest BCUT2D eigenvalue weighted by Crippen LogP contribution is 2.28. The third kappa shape index (κ3) is 10.2. The maximum atomic E-state index is 5.80. The molecule has 1 heteroatoms. The van der Waals surface area contributed by atoms with Gasteiger partial charge in [-0.3, -0.25) is 0 Å². The zero-order valence-electron chi connectivity index (χ0n) is 11.6. The Kier molecular flexibility index (Phi) is 6.51. The molecule has 2 N–H and O–H groups in total. The van der Waals surface area contributed by atoms with Crippen LogP contribution in [0.3, 0.4) is 0 Å². The minimum Gasteiger partial charge on any atom is -0.328 e. The molecular weight excluding hydrogens is 182 g/mol. The summed E-state index contributed by atoms with van der Waals surface area (Å²) in [6.45, 7) is 13.8. The van der Waals surface area contributed by atoms with Crippen LogP contribution in [0.2, 0.25) is 0 Å². The van der Waals surface area contributed by atoms with Gasteiger partial charge in [-0.2, -0.15) is 0 Å². The third-order valence-electron chi connectivity index (χ3n) is 2.89. The van der Waals surface area contributed by atoms with Gasteiger partial charge in [-0.05, 0) is 37.0 Å². The summed E-state index contributed by atoms with van der Waals surface area (Å²) in [5.41, 5.74) is 6.28. The highest BCUT2D eigenvalue weighted by Gasteiger charge is 2.16. The SMILES string of the molecule is CC(N)CC(C)CCC(C)CC(C)(C)C. The Hall–Kier alpha value is -0.0400. The van der Waals surface area contributed by atoms with Crippen molar-refractivity contribution >= 4 is 0 Å². The van der Waals surface area contributed by atoms with Gasteiger partial charge in [0.05, 0.1) is 0 Å². The van der Waals surface area contributed by atoms with Crippen LogP contribution in [0.4, 0.5) is 0 Å². The van der Waals surface area contributed by atoms with Crippen LogP contribution in [-0.2, 0) is 0 Å². The third-order valence-corrected chi connectivity index (χ3v) is 2.89. The molecule has 92 valence electrons. The van der Waals surface area contributed by atoms with Crippen molar-refractivity contribution in [2.24, 2.45) is 23.0 Å². The second-order valence-corrected chi connectivity index (χ2v) is 6.77. The molecule has 0 rings (SSSR count). The lowest BCUT2D eigenvalue weighted by atomic mass is 9.82. The summed E-state index contributed by atoms with van der Waals surface area (Å²) in [6.07, 6.45) is 5.18. The molecule has 3 atom stereocenters. The standard InChI is InChI=1S/C14H31N/c1-11(9-13(3)15)7-8-12(2)10-14(4,5)6/h11-13H,7-10,15H2,1-6H3. The number of rotatable bonds is 6. The molecule has 0 fully saturated rings. The van der Waals surface area contributed by atoms with Crippen LogP contribution in [-0.4, -0.2) is 6.04 Å². The zero-order valence-corrected chi connectivity index (χ0v) is 11.6. The molecule has 0 saturated carbocycles. The normalized spacial score (nSPS) is 18.6. The van der Waals surface area contributed by atoms with E-state index in [0.29, 0.717) is 11.5 Å². The van der Waals surface area contributed by atoms with Gasteiger partial charge >= 0.3 is 0 Å². The molecule has 0 amide bonds. The molecule has 0 aliphatic heterocycles. The molecule has 0 saturated heterocycles. The molecule has 0 spiro atoms. The van der Waals surface area contributed by atoms with Gasteiger partial charge in [-0.15, -0.1) is 0 Å². The molecule has 0 aromatic heterocycles. The molecule has 0 heterocycles. The maximum absolute atomic E-state index is 5.80. The monoisotopic (exact) mass is 213 g/mol. The molecule has 0 aromatic rings. The van der Waals surface area contributed by atoms with E-state index in [1.54, 1.807) is 0 Å². The summed E-state index contributed by atoms with van der Waals surface area (Å²) in [4.78, 5) is 0. The minimum atomic E-state index is 0.359. The van der Waals surface area contributed by atoms with Crippen molar-refractivity contribution in [2.75, 3.05) is 0 Å². The van der Waals surface area contributed by atoms with Gasteiger partial charge in [0.15, 0.2) is 0 Å². The molecule has 0 aromatic carbocycles. The molecule has 0 aliphatic carbocycles. The van der Waals surface area contributed by atoms with Gasteiger partial charge in [-0.25, -0.2) is 0 Å². The smallest absolute Gasteiger partial charge is 0.00130 e. The molecule has 0 bridgehead atoms. The van der Waals surface area contributed by atoms with Crippen LogP contribution in [0.5, 0.6) is 0 Å². The van der Waals surface area contributed by atoms with E-state index >= 15 is 0 Å². The van der Waals surface area contributed by atoms with Crippen LogP contribution in [0.25, 0.3) is 0 Å². The minimum absolute atomic E-state index is 0.359. The Labute approximate surface area is 96.8 Å². The van der Waals surface area contributed by atoms with E-state index in [9.17, 15) is 0 Å². The second-order valence-electron chi connectivity index (χ2n) is 6.77. The highest BCUT2D eigenvalue weighted by molar-refractivity contribution is 4.68. The van der Waals surface area contributed by atoms with E-state index in [2.05, 4.69) is 41.5 Å².